The van der Waals surface area contributed by atoms with Gasteiger partial charge in [0, 0.05) is 11.7 Å². The first kappa shape index (κ1) is 16.9. The second kappa shape index (κ2) is 6.63. The molecule has 1 heterocycles. The highest BCUT2D eigenvalue weighted by Crippen LogP contribution is 2.39. The smallest absolute Gasteiger partial charge is 0.224 e. The highest BCUT2D eigenvalue weighted by atomic mass is 16.1. The van der Waals surface area contributed by atoms with Crippen molar-refractivity contribution < 1.29 is 4.79 Å². The average Bonchev–Trinajstić information content (AvgIpc) is 3.40. The molecule has 7 nitrogen and oxygen atoms in total. The van der Waals surface area contributed by atoms with E-state index < -0.39 is 5.66 Å². The van der Waals surface area contributed by atoms with Crippen LogP contribution < -0.4 is 21.7 Å². The van der Waals surface area contributed by atoms with Crippen molar-refractivity contribution in [2.45, 2.75) is 63.1 Å². The molecule has 0 aromatic heterocycles. The second-order valence-electron chi connectivity index (χ2n) is 7.50. The van der Waals surface area contributed by atoms with Gasteiger partial charge in [0.05, 0.1) is 6.42 Å². The lowest BCUT2D eigenvalue weighted by molar-refractivity contribution is -0.120. The molecule has 138 valence electrons. The monoisotopic (exact) mass is 354 g/mol. The first-order chi connectivity index (χ1) is 12.6. The minimum absolute atomic E-state index is 0.0837. The van der Waals surface area contributed by atoms with Gasteiger partial charge in [0.1, 0.15) is 5.66 Å². The Morgan fingerprint density at radius 2 is 1.85 bits per heavy atom. The van der Waals surface area contributed by atoms with Crippen molar-refractivity contribution in [2.24, 2.45) is 21.5 Å². The fourth-order valence-electron chi connectivity index (χ4n) is 3.95. The Labute approximate surface area is 153 Å². The van der Waals surface area contributed by atoms with Crippen molar-refractivity contribution in [2.75, 3.05) is 4.90 Å². The molecule has 1 spiro atoms. The van der Waals surface area contributed by atoms with Gasteiger partial charge in [-0.05, 0) is 56.2 Å². The summed E-state index contributed by atoms with van der Waals surface area (Å²) in [6, 6.07) is 8.34. The van der Waals surface area contributed by atoms with Gasteiger partial charge in [-0.15, -0.1) is 0 Å². The third-order valence-electron chi connectivity index (χ3n) is 5.35. The lowest BCUT2D eigenvalue weighted by Crippen LogP contribution is -2.58. The van der Waals surface area contributed by atoms with Crippen molar-refractivity contribution in [3.05, 3.63) is 29.8 Å². The van der Waals surface area contributed by atoms with Crippen molar-refractivity contribution in [3.8, 4) is 0 Å². The van der Waals surface area contributed by atoms with E-state index in [1.54, 1.807) is 0 Å². The molecule has 1 aromatic carbocycles. The minimum atomic E-state index is -0.432. The Morgan fingerprint density at radius 3 is 2.50 bits per heavy atom. The summed E-state index contributed by atoms with van der Waals surface area (Å²) in [5, 5.41) is 3.02. The summed E-state index contributed by atoms with van der Waals surface area (Å²) in [6.45, 7) is 0. The molecule has 0 radical (unpaired) electrons. The zero-order chi connectivity index (χ0) is 18.1. The van der Waals surface area contributed by atoms with Crippen LogP contribution in [0.4, 0.5) is 5.69 Å². The van der Waals surface area contributed by atoms with E-state index in [2.05, 4.69) is 15.3 Å². The van der Waals surface area contributed by atoms with Gasteiger partial charge in [-0.3, -0.25) is 9.69 Å². The van der Waals surface area contributed by atoms with E-state index in [9.17, 15) is 4.79 Å². The van der Waals surface area contributed by atoms with Crippen LogP contribution in [0, 0.1) is 0 Å². The number of benzene rings is 1. The van der Waals surface area contributed by atoms with Crippen LogP contribution in [0.15, 0.2) is 34.3 Å². The maximum absolute atomic E-state index is 12.0. The lowest BCUT2D eigenvalue weighted by atomic mass is 9.87. The molecule has 2 aliphatic carbocycles. The SMILES string of the molecule is NC1=NC2(CCCCC2)N(c2ccc(CC(=O)NC3CC3)cc2)C(N)=N1. The number of anilines is 1. The second-order valence-corrected chi connectivity index (χ2v) is 7.50. The molecule has 1 amide bonds. The summed E-state index contributed by atoms with van der Waals surface area (Å²) in [5.74, 6) is 0.730. The number of nitrogens with one attached hydrogen (secondary N) is 1. The molecule has 0 saturated heterocycles. The van der Waals surface area contributed by atoms with Crippen LogP contribution in [0.25, 0.3) is 0 Å². The van der Waals surface area contributed by atoms with Gasteiger partial charge in [0.25, 0.3) is 0 Å². The molecule has 5 N–H and O–H groups in total. The molecule has 0 bridgehead atoms. The van der Waals surface area contributed by atoms with Crippen LogP contribution in [0.5, 0.6) is 0 Å². The molecule has 2 saturated carbocycles. The summed E-state index contributed by atoms with van der Waals surface area (Å²) >= 11 is 0. The van der Waals surface area contributed by atoms with E-state index >= 15 is 0 Å². The quantitative estimate of drug-likeness (QED) is 0.763. The van der Waals surface area contributed by atoms with Gasteiger partial charge in [-0.25, -0.2) is 4.99 Å². The molecule has 2 fully saturated rings. The zero-order valence-corrected chi connectivity index (χ0v) is 14.9. The average molecular weight is 354 g/mol. The molecular formula is C19H26N6O. The van der Waals surface area contributed by atoms with Crippen molar-refractivity contribution in [3.63, 3.8) is 0 Å². The van der Waals surface area contributed by atoms with E-state index in [1.165, 1.54) is 6.42 Å². The van der Waals surface area contributed by atoms with Crippen molar-refractivity contribution >= 4 is 23.5 Å². The van der Waals surface area contributed by atoms with Gasteiger partial charge in [-0.2, -0.15) is 4.99 Å². The first-order valence-corrected chi connectivity index (χ1v) is 9.44. The number of aliphatic imine (C=N–C) groups is 2. The van der Waals surface area contributed by atoms with Crippen LogP contribution in [0.1, 0.15) is 50.5 Å². The minimum Gasteiger partial charge on any atom is -0.369 e. The predicted molar refractivity (Wildman–Crippen MR) is 103 cm³/mol. The van der Waals surface area contributed by atoms with Crippen LogP contribution in [0.3, 0.4) is 0 Å². The number of nitrogens with zero attached hydrogens (tertiary/aromatic N) is 3. The largest absolute Gasteiger partial charge is 0.369 e. The zero-order valence-electron chi connectivity index (χ0n) is 14.9. The topological polar surface area (TPSA) is 109 Å². The lowest BCUT2D eigenvalue weighted by Gasteiger charge is -2.45. The van der Waals surface area contributed by atoms with Crippen LogP contribution in [-0.4, -0.2) is 29.5 Å². The summed E-state index contributed by atoms with van der Waals surface area (Å²) < 4.78 is 0. The molecule has 0 unspecified atom stereocenters. The van der Waals surface area contributed by atoms with Crippen LogP contribution in [0.2, 0.25) is 0 Å². The number of carbonyl (C=O) groups excluding carboxylic acids is 1. The Morgan fingerprint density at radius 1 is 1.15 bits per heavy atom. The number of hydrogen-bond acceptors (Lipinski definition) is 6. The van der Waals surface area contributed by atoms with E-state index in [-0.39, 0.29) is 11.9 Å². The number of rotatable bonds is 4. The standard InChI is InChI=1S/C19H26N6O/c20-17-23-18(21)25(19(24-17)10-2-1-3-11-19)15-8-4-13(5-9-15)12-16(26)22-14-6-7-14/h4-5,8-9,14H,1-3,6-7,10-12H2,(H,22,26)(H4,20,21,23,24). The van der Waals surface area contributed by atoms with E-state index in [4.69, 9.17) is 11.5 Å². The number of nitrogens with two attached hydrogens (primary N) is 2. The van der Waals surface area contributed by atoms with Gasteiger partial charge in [0.2, 0.25) is 17.8 Å². The Bertz CT molecular complexity index is 744. The molecule has 4 rings (SSSR count). The Kier molecular flexibility index (Phi) is 4.30. The summed E-state index contributed by atoms with van der Waals surface area (Å²) in [6.07, 6.45) is 7.83. The summed E-state index contributed by atoms with van der Waals surface area (Å²) in [7, 11) is 0. The maximum atomic E-state index is 12.0. The van der Waals surface area contributed by atoms with Crippen LogP contribution in [-0.2, 0) is 11.2 Å². The fraction of sp³-hybridized carbons (Fsp3) is 0.526. The van der Waals surface area contributed by atoms with Gasteiger partial charge in [0.15, 0.2) is 0 Å². The molecule has 7 heteroatoms. The van der Waals surface area contributed by atoms with Gasteiger partial charge >= 0.3 is 0 Å². The van der Waals surface area contributed by atoms with E-state index in [0.29, 0.717) is 18.4 Å². The number of amides is 1. The van der Waals surface area contributed by atoms with Crippen LogP contribution >= 0.6 is 0 Å². The van der Waals surface area contributed by atoms with Crippen molar-refractivity contribution in [1.82, 2.24) is 5.32 Å². The molecular weight excluding hydrogens is 328 g/mol. The molecule has 1 aromatic rings. The number of guanidine groups is 2. The molecule has 3 aliphatic rings. The van der Waals surface area contributed by atoms with Crippen molar-refractivity contribution in [1.29, 1.82) is 0 Å². The number of carbonyl (C=O) groups is 1. The van der Waals surface area contributed by atoms with Gasteiger partial charge < -0.3 is 16.8 Å². The first-order valence-electron chi connectivity index (χ1n) is 9.44. The van der Waals surface area contributed by atoms with E-state index in [0.717, 1.165) is 49.8 Å². The Hall–Kier alpha value is -2.57. The molecule has 1 aliphatic heterocycles. The van der Waals surface area contributed by atoms with Gasteiger partial charge in [-0.1, -0.05) is 18.6 Å². The maximum Gasteiger partial charge on any atom is 0.224 e. The summed E-state index contributed by atoms with van der Waals surface area (Å²) in [4.78, 5) is 22.9. The molecule has 26 heavy (non-hydrogen) atoms. The van der Waals surface area contributed by atoms with E-state index in [1.807, 2.05) is 29.2 Å². The third kappa shape index (κ3) is 3.38. The number of hydrogen-bond donors (Lipinski definition) is 3. The molecule has 0 atom stereocenters. The highest BCUT2D eigenvalue weighted by Gasteiger charge is 2.42. The normalized spacial score (nSPS) is 21.9. The Balaban J connectivity index is 1.54. The fourth-order valence-corrected chi connectivity index (χ4v) is 3.95. The third-order valence-corrected chi connectivity index (χ3v) is 5.35. The summed E-state index contributed by atoms with van der Waals surface area (Å²) in [5.41, 5.74) is 13.6. The highest BCUT2D eigenvalue weighted by molar-refractivity contribution is 6.05. The predicted octanol–water partition coefficient (Wildman–Crippen LogP) is 1.62.